The number of aromatic nitrogens is 1. The lowest BCUT2D eigenvalue weighted by Crippen LogP contribution is -2.23. The molecule has 6 heteroatoms. The van der Waals surface area contributed by atoms with Gasteiger partial charge in [-0.05, 0) is 41.8 Å². The summed E-state index contributed by atoms with van der Waals surface area (Å²) in [6.45, 7) is 1.54. The van der Waals surface area contributed by atoms with Crippen LogP contribution in [0.1, 0.15) is 11.1 Å². The predicted molar refractivity (Wildman–Crippen MR) is 106 cm³/mol. The summed E-state index contributed by atoms with van der Waals surface area (Å²) in [5.41, 5.74) is 3.08. The molecular formula is C21H19ClN2O3. The first-order chi connectivity index (χ1) is 13.2. The van der Waals surface area contributed by atoms with Crippen LogP contribution < -0.4 is 14.8 Å². The predicted octanol–water partition coefficient (Wildman–Crippen LogP) is 3.96. The Hall–Kier alpha value is -2.92. The van der Waals surface area contributed by atoms with Crippen LogP contribution in [0.2, 0.25) is 5.02 Å². The third-order valence-corrected chi connectivity index (χ3v) is 4.70. The van der Waals surface area contributed by atoms with Crippen LogP contribution in [0.3, 0.4) is 0 Å². The van der Waals surface area contributed by atoms with E-state index in [1.165, 1.54) is 17.0 Å². The molecule has 2 heterocycles. The van der Waals surface area contributed by atoms with Gasteiger partial charge in [0.1, 0.15) is 13.2 Å². The highest BCUT2D eigenvalue weighted by Crippen LogP contribution is 2.38. The van der Waals surface area contributed by atoms with E-state index in [-0.39, 0.29) is 5.91 Å². The Morgan fingerprint density at radius 3 is 3.00 bits per heavy atom. The van der Waals surface area contributed by atoms with Crippen LogP contribution in [0.15, 0.2) is 48.7 Å². The molecule has 4 rings (SSSR count). The number of amides is 1. The normalized spacial score (nSPS) is 13.2. The number of H-pyrrole nitrogens is 1. The maximum absolute atomic E-state index is 12.1. The van der Waals surface area contributed by atoms with E-state index in [1.54, 1.807) is 12.1 Å². The third kappa shape index (κ3) is 3.93. The van der Waals surface area contributed by atoms with Gasteiger partial charge < -0.3 is 19.8 Å². The van der Waals surface area contributed by atoms with Crippen LogP contribution in [0.25, 0.3) is 17.0 Å². The van der Waals surface area contributed by atoms with Gasteiger partial charge in [0.25, 0.3) is 0 Å². The topological polar surface area (TPSA) is 63.4 Å². The van der Waals surface area contributed by atoms with Crippen molar-refractivity contribution in [2.45, 2.75) is 6.42 Å². The van der Waals surface area contributed by atoms with E-state index >= 15 is 0 Å². The van der Waals surface area contributed by atoms with E-state index in [9.17, 15) is 4.79 Å². The number of rotatable bonds is 5. The van der Waals surface area contributed by atoms with Gasteiger partial charge in [0.15, 0.2) is 11.5 Å². The first kappa shape index (κ1) is 17.5. The van der Waals surface area contributed by atoms with Crippen molar-refractivity contribution in [1.82, 2.24) is 10.3 Å². The highest BCUT2D eigenvalue weighted by atomic mass is 35.5. The van der Waals surface area contributed by atoms with Crippen molar-refractivity contribution in [3.63, 3.8) is 0 Å². The molecule has 2 aromatic carbocycles. The smallest absolute Gasteiger partial charge is 0.244 e. The largest absolute Gasteiger partial charge is 0.486 e. The summed E-state index contributed by atoms with van der Waals surface area (Å²) >= 11 is 6.21. The van der Waals surface area contributed by atoms with Gasteiger partial charge in [-0.15, -0.1) is 0 Å². The Labute approximate surface area is 161 Å². The van der Waals surface area contributed by atoms with Crippen molar-refractivity contribution in [2.24, 2.45) is 0 Å². The molecule has 1 aliphatic heterocycles. The van der Waals surface area contributed by atoms with Gasteiger partial charge in [-0.2, -0.15) is 0 Å². The quantitative estimate of drug-likeness (QED) is 0.656. The molecule has 0 spiro atoms. The summed E-state index contributed by atoms with van der Waals surface area (Å²) in [5, 5.41) is 4.57. The van der Waals surface area contributed by atoms with Crippen LogP contribution in [0.4, 0.5) is 0 Å². The minimum Gasteiger partial charge on any atom is -0.486 e. The lowest BCUT2D eigenvalue weighted by Gasteiger charge is -2.19. The number of halogens is 1. The van der Waals surface area contributed by atoms with E-state index in [4.69, 9.17) is 21.1 Å². The van der Waals surface area contributed by atoms with Crippen molar-refractivity contribution in [3.05, 3.63) is 64.8 Å². The molecule has 27 heavy (non-hydrogen) atoms. The van der Waals surface area contributed by atoms with E-state index in [0.29, 0.717) is 36.3 Å². The second kappa shape index (κ2) is 7.76. The molecule has 3 aromatic rings. The molecule has 0 radical (unpaired) electrons. The Morgan fingerprint density at radius 1 is 1.22 bits per heavy atom. The Balaban J connectivity index is 1.35. The zero-order chi connectivity index (χ0) is 18.6. The summed E-state index contributed by atoms with van der Waals surface area (Å²) in [5.74, 6) is 1.01. The molecule has 0 unspecified atom stereocenters. The third-order valence-electron chi connectivity index (χ3n) is 4.41. The molecule has 0 atom stereocenters. The van der Waals surface area contributed by atoms with Crippen LogP contribution in [0, 0.1) is 0 Å². The maximum Gasteiger partial charge on any atom is 0.244 e. The molecule has 138 valence electrons. The van der Waals surface area contributed by atoms with Gasteiger partial charge in [-0.3, -0.25) is 4.79 Å². The van der Waals surface area contributed by atoms with Crippen LogP contribution in [-0.4, -0.2) is 30.6 Å². The number of para-hydroxylation sites is 1. The standard InChI is InChI=1S/C21H19ClN2O3/c22-17-11-14(12-19-21(17)27-10-9-26-19)5-6-20(25)23-8-7-15-13-24-18-4-2-1-3-16(15)18/h1-6,11-13,24H,7-10H2,(H,23,25)/b6-5+. The number of fused-ring (bicyclic) bond motifs is 2. The number of benzene rings is 2. The summed E-state index contributed by atoms with van der Waals surface area (Å²) in [6, 6.07) is 11.7. The molecule has 2 N–H and O–H groups in total. The lowest BCUT2D eigenvalue weighted by atomic mass is 10.1. The monoisotopic (exact) mass is 382 g/mol. The highest BCUT2D eigenvalue weighted by Gasteiger charge is 2.15. The summed E-state index contributed by atoms with van der Waals surface area (Å²) < 4.78 is 11.0. The molecular weight excluding hydrogens is 364 g/mol. The molecule has 1 amide bonds. The molecule has 0 fully saturated rings. The van der Waals surface area contributed by atoms with Crippen LogP contribution in [-0.2, 0) is 11.2 Å². The number of ether oxygens (including phenoxy) is 2. The van der Waals surface area contributed by atoms with Crippen molar-refractivity contribution in [1.29, 1.82) is 0 Å². The summed E-state index contributed by atoms with van der Waals surface area (Å²) in [6.07, 6.45) is 5.96. The SMILES string of the molecule is O=C(/C=C/c1cc(Cl)c2c(c1)OCCO2)NCCc1c[nH]c2ccccc12. The second-order valence-electron chi connectivity index (χ2n) is 6.26. The molecule has 0 aliphatic carbocycles. The van der Waals surface area contributed by atoms with Crippen LogP contribution >= 0.6 is 11.6 Å². The zero-order valence-corrected chi connectivity index (χ0v) is 15.4. The second-order valence-corrected chi connectivity index (χ2v) is 6.67. The number of hydrogen-bond acceptors (Lipinski definition) is 3. The fourth-order valence-electron chi connectivity index (χ4n) is 3.12. The molecule has 0 bridgehead atoms. The van der Waals surface area contributed by atoms with E-state index in [2.05, 4.69) is 16.4 Å². The minimum absolute atomic E-state index is 0.152. The Morgan fingerprint density at radius 2 is 2.07 bits per heavy atom. The number of carbonyl (C=O) groups is 1. The van der Waals surface area contributed by atoms with E-state index in [0.717, 1.165) is 17.5 Å². The van der Waals surface area contributed by atoms with E-state index in [1.807, 2.05) is 30.5 Å². The van der Waals surface area contributed by atoms with Gasteiger partial charge in [0.2, 0.25) is 5.91 Å². The van der Waals surface area contributed by atoms with Gasteiger partial charge in [-0.1, -0.05) is 29.8 Å². The van der Waals surface area contributed by atoms with Gasteiger partial charge in [-0.25, -0.2) is 0 Å². The van der Waals surface area contributed by atoms with Gasteiger partial charge in [0, 0.05) is 29.7 Å². The maximum atomic E-state index is 12.1. The fourth-order valence-corrected chi connectivity index (χ4v) is 3.39. The highest BCUT2D eigenvalue weighted by molar-refractivity contribution is 6.32. The summed E-state index contributed by atoms with van der Waals surface area (Å²) in [7, 11) is 0. The molecule has 5 nitrogen and oxygen atoms in total. The molecule has 0 saturated heterocycles. The minimum atomic E-state index is -0.152. The van der Waals surface area contributed by atoms with Gasteiger partial charge in [0.05, 0.1) is 5.02 Å². The first-order valence-corrected chi connectivity index (χ1v) is 9.18. The van der Waals surface area contributed by atoms with Crippen LogP contribution in [0.5, 0.6) is 11.5 Å². The molecule has 1 aromatic heterocycles. The zero-order valence-electron chi connectivity index (χ0n) is 14.6. The number of nitrogens with one attached hydrogen (secondary N) is 2. The average molecular weight is 383 g/mol. The number of aromatic amines is 1. The molecule has 0 saturated carbocycles. The number of hydrogen-bond donors (Lipinski definition) is 2. The van der Waals surface area contributed by atoms with Crippen molar-refractivity contribution in [3.8, 4) is 11.5 Å². The average Bonchev–Trinajstić information content (AvgIpc) is 3.10. The molecule has 1 aliphatic rings. The lowest BCUT2D eigenvalue weighted by molar-refractivity contribution is -0.116. The fraction of sp³-hybridized carbons (Fsp3) is 0.190. The Kier molecular flexibility index (Phi) is 5.03. The van der Waals surface area contributed by atoms with Gasteiger partial charge >= 0.3 is 0 Å². The van der Waals surface area contributed by atoms with Crippen molar-refractivity contribution in [2.75, 3.05) is 19.8 Å². The number of carbonyl (C=O) groups excluding carboxylic acids is 1. The van der Waals surface area contributed by atoms with Crippen molar-refractivity contribution >= 4 is 34.5 Å². The first-order valence-electron chi connectivity index (χ1n) is 8.81. The summed E-state index contributed by atoms with van der Waals surface area (Å²) in [4.78, 5) is 15.3. The van der Waals surface area contributed by atoms with Crippen molar-refractivity contribution < 1.29 is 14.3 Å². The van der Waals surface area contributed by atoms with E-state index < -0.39 is 0 Å². The Bertz CT molecular complexity index is 1010.